The summed E-state index contributed by atoms with van der Waals surface area (Å²) in [6.45, 7) is 3.33. The van der Waals surface area contributed by atoms with Crippen molar-refractivity contribution in [3.8, 4) is 0 Å². The highest BCUT2D eigenvalue weighted by Gasteiger charge is 2.20. The number of hydrogen-bond acceptors (Lipinski definition) is 3. The van der Waals surface area contributed by atoms with E-state index < -0.39 is 23.8 Å². The Kier molecular flexibility index (Phi) is 4.88. The molecule has 2 aromatic carbocycles. The van der Waals surface area contributed by atoms with Crippen LogP contribution in [0.1, 0.15) is 22.8 Å². The third kappa shape index (κ3) is 3.91. The molecule has 0 aromatic heterocycles. The number of rotatable bonds is 4. The van der Waals surface area contributed by atoms with E-state index >= 15 is 0 Å². The number of carbonyl (C=O) groups is 2. The smallest absolute Gasteiger partial charge is 0.341 e. The molecule has 0 aliphatic heterocycles. The first-order valence-corrected chi connectivity index (χ1v) is 6.80. The molecule has 0 radical (unpaired) electrons. The Balaban J connectivity index is 1.99. The largest absolute Gasteiger partial charge is 0.449 e. The predicted molar refractivity (Wildman–Crippen MR) is 81.1 cm³/mol. The first kappa shape index (κ1) is 15.7. The van der Waals surface area contributed by atoms with Gasteiger partial charge in [0.25, 0.3) is 5.91 Å². The Morgan fingerprint density at radius 2 is 1.86 bits per heavy atom. The van der Waals surface area contributed by atoms with Crippen LogP contribution in [0.4, 0.5) is 10.1 Å². The molecule has 22 heavy (non-hydrogen) atoms. The molecule has 2 aromatic rings. The zero-order chi connectivity index (χ0) is 16.1. The predicted octanol–water partition coefficient (Wildman–Crippen LogP) is 3.32. The first-order valence-electron chi connectivity index (χ1n) is 6.80. The Hall–Kier alpha value is -2.69. The van der Waals surface area contributed by atoms with Crippen LogP contribution in [0.15, 0.2) is 48.5 Å². The van der Waals surface area contributed by atoms with Crippen molar-refractivity contribution in [1.82, 2.24) is 0 Å². The maximum atomic E-state index is 13.5. The molecular weight excluding hydrogens is 285 g/mol. The standard InChI is InChI=1S/C17H16FNO3/c1-11-6-5-7-13(10-11)19-16(20)12(2)22-17(21)14-8-3-4-9-15(14)18/h3-10,12H,1-2H3,(H,19,20)/t12-/m1/s1. The first-order chi connectivity index (χ1) is 10.5. The fourth-order valence-electron chi connectivity index (χ4n) is 1.87. The molecule has 0 bridgehead atoms. The van der Waals surface area contributed by atoms with Gasteiger partial charge in [0.15, 0.2) is 6.10 Å². The second-order valence-electron chi connectivity index (χ2n) is 4.89. The molecule has 0 fully saturated rings. The van der Waals surface area contributed by atoms with Crippen molar-refractivity contribution in [1.29, 1.82) is 0 Å². The topological polar surface area (TPSA) is 55.4 Å². The van der Waals surface area contributed by atoms with E-state index in [4.69, 9.17) is 4.74 Å². The molecule has 0 unspecified atom stereocenters. The zero-order valence-electron chi connectivity index (χ0n) is 12.3. The van der Waals surface area contributed by atoms with Crippen molar-refractivity contribution in [2.75, 3.05) is 5.32 Å². The molecule has 1 amide bonds. The quantitative estimate of drug-likeness (QED) is 0.881. The normalized spacial score (nSPS) is 11.6. The minimum Gasteiger partial charge on any atom is -0.449 e. The summed E-state index contributed by atoms with van der Waals surface area (Å²) >= 11 is 0. The number of amides is 1. The van der Waals surface area contributed by atoms with Crippen molar-refractivity contribution >= 4 is 17.6 Å². The van der Waals surface area contributed by atoms with Gasteiger partial charge in [-0.2, -0.15) is 0 Å². The summed E-state index contributed by atoms with van der Waals surface area (Å²) in [5.74, 6) is -2.03. The van der Waals surface area contributed by atoms with Gasteiger partial charge in [-0.3, -0.25) is 4.79 Å². The molecule has 2 rings (SSSR count). The van der Waals surface area contributed by atoms with Gasteiger partial charge in [-0.1, -0.05) is 24.3 Å². The van der Waals surface area contributed by atoms with Crippen molar-refractivity contribution in [2.24, 2.45) is 0 Å². The van der Waals surface area contributed by atoms with E-state index in [0.717, 1.165) is 11.6 Å². The van der Waals surface area contributed by atoms with Gasteiger partial charge in [0.1, 0.15) is 5.82 Å². The van der Waals surface area contributed by atoms with Gasteiger partial charge in [-0.25, -0.2) is 9.18 Å². The number of anilines is 1. The average molecular weight is 301 g/mol. The number of benzene rings is 2. The van der Waals surface area contributed by atoms with E-state index in [2.05, 4.69) is 5.32 Å². The summed E-state index contributed by atoms with van der Waals surface area (Å²) in [6, 6.07) is 12.7. The van der Waals surface area contributed by atoms with Crippen LogP contribution in [0.25, 0.3) is 0 Å². The van der Waals surface area contributed by atoms with Crippen molar-refractivity contribution in [3.05, 3.63) is 65.5 Å². The Morgan fingerprint density at radius 1 is 1.14 bits per heavy atom. The van der Waals surface area contributed by atoms with Crippen LogP contribution in [-0.2, 0) is 9.53 Å². The average Bonchev–Trinajstić information content (AvgIpc) is 2.47. The van der Waals surface area contributed by atoms with E-state index in [-0.39, 0.29) is 5.56 Å². The second kappa shape index (κ2) is 6.85. The monoisotopic (exact) mass is 301 g/mol. The summed E-state index contributed by atoms with van der Waals surface area (Å²) < 4.78 is 18.5. The lowest BCUT2D eigenvalue weighted by Crippen LogP contribution is -2.30. The van der Waals surface area contributed by atoms with Crippen LogP contribution in [0.2, 0.25) is 0 Å². The van der Waals surface area contributed by atoms with E-state index in [0.29, 0.717) is 5.69 Å². The van der Waals surface area contributed by atoms with Crippen molar-refractivity contribution in [2.45, 2.75) is 20.0 Å². The SMILES string of the molecule is Cc1cccc(NC(=O)[C@@H](C)OC(=O)c2ccccc2F)c1. The van der Waals surface area contributed by atoms with Gasteiger partial charge < -0.3 is 10.1 Å². The van der Waals surface area contributed by atoms with Crippen LogP contribution in [0.5, 0.6) is 0 Å². The molecule has 0 aliphatic carbocycles. The molecule has 0 saturated heterocycles. The van der Waals surface area contributed by atoms with Gasteiger partial charge in [-0.15, -0.1) is 0 Å². The van der Waals surface area contributed by atoms with Crippen LogP contribution in [-0.4, -0.2) is 18.0 Å². The Bertz CT molecular complexity index is 700. The van der Waals surface area contributed by atoms with E-state index in [1.807, 2.05) is 13.0 Å². The summed E-state index contributed by atoms with van der Waals surface area (Å²) in [7, 11) is 0. The molecule has 114 valence electrons. The molecule has 0 aliphatic rings. The van der Waals surface area contributed by atoms with Crippen LogP contribution < -0.4 is 5.32 Å². The maximum Gasteiger partial charge on any atom is 0.341 e. The Morgan fingerprint density at radius 3 is 2.55 bits per heavy atom. The summed E-state index contributed by atoms with van der Waals surface area (Å²) in [5.41, 5.74) is 1.41. The molecular formula is C17H16FNO3. The number of nitrogens with one attached hydrogen (secondary N) is 1. The van der Waals surface area contributed by atoms with Crippen molar-refractivity contribution < 1.29 is 18.7 Å². The minimum atomic E-state index is -1.03. The summed E-state index contributed by atoms with van der Waals surface area (Å²) in [6.07, 6.45) is -1.03. The number of esters is 1. The fourth-order valence-corrected chi connectivity index (χ4v) is 1.87. The number of carbonyl (C=O) groups excluding carboxylic acids is 2. The van der Waals surface area contributed by atoms with Gasteiger partial charge in [0.05, 0.1) is 5.56 Å². The second-order valence-corrected chi connectivity index (χ2v) is 4.89. The van der Waals surface area contributed by atoms with Crippen LogP contribution in [0.3, 0.4) is 0 Å². The Labute approximate surface area is 127 Å². The number of ether oxygens (including phenoxy) is 1. The lowest BCUT2D eigenvalue weighted by atomic mass is 10.2. The molecule has 5 heteroatoms. The van der Waals surface area contributed by atoms with Crippen molar-refractivity contribution in [3.63, 3.8) is 0 Å². The zero-order valence-corrected chi connectivity index (χ0v) is 12.3. The highest BCUT2D eigenvalue weighted by Crippen LogP contribution is 2.12. The van der Waals surface area contributed by atoms with Crippen LogP contribution in [0, 0.1) is 12.7 Å². The van der Waals surface area contributed by atoms with E-state index in [9.17, 15) is 14.0 Å². The van der Waals surface area contributed by atoms with E-state index in [1.165, 1.54) is 25.1 Å². The number of hydrogen-bond donors (Lipinski definition) is 1. The molecule has 0 spiro atoms. The lowest BCUT2D eigenvalue weighted by Gasteiger charge is -2.14. The highest BCUT2D eigenvalue weighted by atomic mass is 19.1. The van der Waals surface area contributed by atoms with Gasteiger partial charge >= 0.3 is 5.97 Å². The molecule has 1 N–H and O–H groups in total. The lowest BCUT2D eigenvalue weighted by molar-refractivity contribution is -0.123. The third-order valence-electron chi connectivity index (χ3n) is 3.03. The van der Waals surface area contributed by atoms with Gasteiger partial charge in [0.2, 0.25) is 0 Å². The van der Waals surface area contributed by atoms with E-state index in [1.54, 1.807) is 18.2 Å². The van der Waals surface area contributed by atoms with Gasteiger partial charge in [-0.05, 0) is 43.7 Å². The number of halogens is 1. The third-order valence-corrected chi connectivity index (χ3v) is 3.03. The minimum absolute atomic E-state index is 0.197. The fraction of sp³-hybridized carbons (Fsp3) is 0.176. The summed E-state index contributed by atoms with van der Waals surface area (Å²) in [4.78, 5) is 23.8. The molecule has 0 saturated carbocycles. The van der Waals surface area contributed by atoms with Crippen LogP contribution >= 0.6 is 0 Å². The van der Waals surface area contributed by atoms with Gasteiger partial charge in [0, 0.05) is 5.69 Å². The maximum absolute atomic E-state index is 13.5. The summed E-state index contributed by atoms with van der Waals surface area (Å²) in [5, 5.41) is 2.64. The molecule has 1 atom stereocenters. The number of aryl methyl sites for hydroxylation is 1. The highest BCUT2D eigenvalue weighted by molar-refractivity contribution is 5.97. The molecule has 0 heterocycles. The molecule has 4 nitrogen and oxygen atoms in total.